The standard InChI is InChI=1S/C11H15Cl2NO/c1-11(2,7-15)6-14-8-3-4-9(12)10(13)5-8/h3-5,14-15H,6-7H2,1-2H3. The maximum Gasteiger partial charge on any atom is 0.0612 e. The molecule has 1 aromatic rings. The van der Waals surface area contributed by atoms with E-state index in [-0.39, 0.29) is 12.0 Å². The van der Waals surface area contributed by atoms with Crippen molar-refractivity contribution in [1.29, 1.82) is 0 Å². The molecule has 0 bridgehead atoms. The number of benzene rings is 1. The van der Waals surface area contributed by atoms with E-state index in [2.05, 4.69) is 5.32 Å². The molecule has 0 heterocycles. The van der Waals surface area contributed by atoms with Gasteiger partial charge in [-0.15, -0.1) is 0 Å². The van der Waals surface area contributed by atoms with Crippen LogP contribution in [0.1, 0.15) is 13.8 Å². The molecule has 0 spiro atoms. The summed E-state index contributed by atoms with van der Waals surface area (Å²) in [5.41, 5.74) is 0.762. The Morgan fingerprint density at radius 1 is 1.27 bits per heavy atom. The molecule has 0 saturated heterocycles. The summed E-state index contributed by atoms with van der Waals surface area (Å²) in [6.45, 7) is 4.79. The molecule has 1 aromatic carbocycles. The number of hydrogen-bond acceptors (Lipinski definition) is 2. The SMILES string of the molecule is CC(C)(CO)CNc1ccc(Cl)c(Cl)c1. The Balaban J connectivity index is 2.62. The van der Waals surface area contributed by atoms with Crippen LogP contribution in [0.2, 0.25) is 10.0 Å². The first kappa shape index (κ1) is 12.6. The first-order chi connectivity index (χ1) is 6.94. The molecule has 0 aliphatic rings. The van der Waals surface area contributed by atoms with Crippen molar-refractivity contribution in [2.75, 3.05) is 18.5 Å². The predicted molar refractivity (Wildman–Crippen MR) is 65.8 cm³/mol. The van der Waals surface area contributed by atoms with Gasteiger partial charge in [-0.2, -0.15) is 0 Å². The molecule has 0 aliphatic heterocycles. The van der Waals surface area contributed by atoms with Crippen molar-refractivity contribution in [3.05, 3.63) is 28.2 Å². The topological polar surface area (TPSA) is 32.3 Å². The van der Waals surface area contributed by atoms with Crippen LogP contribution in [0.3, 0.4) is 0 Å². The summed E-state index contributed by atoms with van der Waals surface area (Å²) in [7, 11) is 0. The zero-order valence-electron chi connectivity index (χ0n) is 8.85. The molecular weight excluding hydrogens is 233 g/mol. The van der Waals surface area contributed by atoms with Gasteiger partial charge in [0.2, 0.25) is 0 Å². The fourth-order valence-corrected chi connectivity index (χ4v) is 1.30. The predicted octanol–water partition coefficient (Wildman–Crippen LogP) is 3.42. The van der Waals surface area contributed by atoms with Crippen LogP contribution in [0.5, 0.6) is 0 Å². The molecule has 2 nitrogen and oxygen atoms in total. The maximum absolute atomic E-state index is 9.08. The summed E-state index contributed by atoms with van der Waals surface area (Å²) >= 11 is 11.7. The second kappa shape index (κ2) is 5.06. The Bertz CT molecular complexity index is 339. The van der Waals surface area contributed by atoms with Gasteiger partial charge in [-0.25, -0.2) is 0 Å². The van der Waals surface area contributed by atoms with Crippen LogP contribution in [0.4, 0.5) is 5.69 Å². The molecule has 2 N–H and O–H groups in total. The van der Waals surface area contributed by atoms with Gasteiger partial charge in [0.1, 0.15) is 0 Å². The van der Waals surface area contributed by atoms with Gasteiger partial charge in [-0.1, -0.05) is 37.0 Å². The summed E-state index contributed by atoms with van der Waals surface area (Å²) in [6.07, 6.45) is 0. The monoisotopic (exact) mass is 247 g/mol. The molecule has 0 atom stereocenters. The van der Waals surface area contributed by atoms with Crippen LogP contribution < -0.4 is 5.32 Å². The van der Waals surface area contributed by atoms with Gasteiger partial charge in [0.05, 0.1) is 10.0 Å². The molecule has 0 unspecified atom stereocenters. The van der Waals surface area contributed by atoms with E-state index < -0.39 is 0 Å². The number of aliphatic hydroxyl groups is 1. The molecule has 0 aromatic heterocycles. The first-order valence-corrected chi connectivity index (χ1v) is 5.50. The lowest BCUT2D eigenvalue weighted by atomic mass is 9.95. The highest BCUT2D eigenvalue weighted by atomic mass is 35.5. The summed E-state index contributed by atoms with van der Waals surface area (Å²) in [6, 6.07) is 5.39. The summed E-state index contributed by atoms with van der Waals surface area (Å²) < 4.78 is 0. The minimum absolute atomic E-state index is 0.140. The van der Waals surface area contributed by atoms with E-state index in [9.17, 15) is 0 Å². The average molecular weight is 248 g/mol. The van der Waals surface area contributed by atoms with Gasteiger partial charge in [0.15, 0.2) is 0 Å². The third-order valence-corrected chi connectivity index (χ3v) is 2.86. The highest BCUT2D eigenvalue weighted by Gasteiger charge is 2.15. The van der Waals surface area contributed by atoms with E-state index in [1.807, 2.05) is 19.9 Å². The molecule has 0 aliphatic carbocycles. The zero-order chi connectivity index (χ0) is 11.5. The highest BCUT2D eigenvalue weighted by molar-refractivity contribution is 6.42. The second-order valence-corrected chi connectivity index (χ2v) is 5.12. The van der Waals surface area contributed by atoms with E-state index in [4.69, 9.17) is 28.3 Å². The Morgan fingerprint density at radius 3 is 2.47 bits per heavy atom. The van der Waals surface area contributed by atoms with E-state index >= 15 is 0 Å². The van der Waals surface area contributed by atoms with Crippen LogP contribution in [0, 0.1) is 5.41 Å². The number of halogens is 2. The normalized spacial score (nSPS) is 11.5. The van der Waals surface area contributed by atoms with Gasteiger partial charge in [-0.3, -0.25) is 0 Å². The van der Waals surface area contributed by atoms with E-state index in [0.717, 1.165) is 5.69 Å². The second-order valence-electron chi connectivity index (χ2n) is 4.30. The van der Waals surface area contributed by atoms with Gasteiger partial charge < -0.3 is 10.4 Å². The molecular formula is C11H15Cl2NO. The number of anilines is 1. The fraction of sp³-hybridized carbons (Fsp3) is 0.455. The number of aliphatic hydroxyl groups excluding tert-OH is 1. The van der Waals surface area contributed by atoms with Crippen LogP contribution in [-0.4, -0.2) is 18.3 Å². The summed E-state index contributed by atoms with van der Waals surface area (Å²) in [4.78, 5) is 0. The van der Waals surface area contributed by atoms with Crippen LogP contribution >= 0.6 is 23.2 Å². The summed E-state index contributed by atoms with van der Waals surface area (Å²) in [5.74, 6) is 0. The minimum Gasteiger partial charge on any atom is -0.396 e. The van der Waals surface area contributed by atoms with Crippen LogP contribution in [0.15, 0.2) is 18.2 Å². The van der Waals surface area contributed by atoms with Gasteiger partial charge in [-0.05, 0) is 18.2 Å². The number of nitrogens with one attached hydrogen (secondary N) is 1. The lowest BCUT2D eigenvalue weighted by Gasteiger charge is -2.22. The van der Waals surface area contributed by atoms with Gasteiger partial charge in [0, 0.05) is 24.3 Å². The Labute approximate surface area is 100 Å². The molecule has 0 amide bonds. The van der Waals surface area contributed by atoms with Gasteiger partial charge >= 0.3 is 0 Å². The number of rotatable bonds is 4. The third-order valence-electron chi connectivity index (χ3n) is 2.12. The van der Waals surface area contributed by atoms with Crippen LogP contribution in [0.25, 0.3) is 0 Å². The van der Waals surface area contributed by atoms with Crippen LogP contribution in [-0.2, 0) is 0 Å². The third kappa shape index (κ3) is 3.90. The van der Waals surface area contributed by atoms with Crippen molar-refractivity contribution in [1.82, 2.24) is 0 Å². The van der Waals surface area contributed by atoms with Crippen molar-refractivity contribution in [2.45, 2.75) is 13.8 Å². The van der Waals surface area contributed by atoms with Crippen molar-refractivity contribution < 1.29 is 5.11 Å². The van der Waals surface area contributed by atoms with Gasteiger partial charge in [0.25, 0.3) is 0 Å². The molecule has 0 saturated carbocycles. The average Bonchev–Trinajstić information content (AvgIpc) is 2.20. The maximum atomic E-state index is 9.08. The largest absolute Gasteiger partial charge is 0.396 e. The van der Waals surface area contributed by atoms with E-state index in [0.29, 0.717) is 16.6 Å². The fourth-order valence-electron chi connectivity index (χ4n) is 1.00. The Kier molecular flexibility index (Phi) is 4.26. The van der Waals surface area contributed by atoms with E-state index in [1.165, 1.54) is 0 Å². The molecule has 1 rings (SSSR count). The quantitative estimate of drug-likeness (QED) is 0.855. The Morgan fingerprint density at radius 2 is 1.93 bits per heavy atom. The molecule has 84 valence electrons. The van der Waals surface area contributed by atoms with E-state index in [1.54, 1.807) is 12.1 Å². The lowest BCUT2D eigenvalue weighted by Crippen LogP contribution is -2.26. The Hall–Kier alpha value is -0.440. The lowest BCUT2D eigenvalue weighted by molar-refractivity contribution is 0.171. The minimum atomic E-state index is -0.147. The highest BCUT2D eigenvalue weighted by Crippen LogP contribution is 2.25. The molecule has 0 fully saturated rings. The molecule has 15 heavy (non-hydrogen) atoms. The van der Waals surface area contributed by atoms with Crippen molar-refractivity contribution in [2.24, 2.45) is 5.41 Å². The van der Waals surface area contributed by atoms with Crippen molar-refractivity contribution in [3.63, 3.8) is 0 Å². The number of hydrogen-bond donors (Lipinski definition) is 2. The first-order valence-electron chi connectivity index (χ1n) is 4.74. The van der Waals surface area contributed by atoms with Crippen molar-refractivity contribution in [3.8, 4) is 0 Å². The zero-order valence-corrected chi connectivity index (χ0v) is 10.4. The van der Waals surface area contributed by atoms with Crippen molar-refractivity contribution >= 4 is 28.9 Å². The summed E-state index contributed by atoms with van der Waals surface area (Å²) in [5, 5.41) is 13.4. The molecule has 0 radical (unpaired) electrons. The molecule has 4 heteroatoms. The smallest absolute Gasteiger partial charge is 0.0612 e.